The van der Waals surface area contributed by atoms with E-state index in [9.17, 15) is 0 Å². The maximum absolute atomic E-state index is 3.61. The second kappa shape index (κ2) is 6.72. The summed E-state index contributed by atoms with van der Waals surface area (Å²) in [6.07, 6.45) is 2.30. The molecule has 2 heteroatoms. The summed E-state index contributed by atoms with van der Waals surface area (Å²) in [4.78, 5) is 1.49. The lowest BCUT2D eigenvalue weighted by Gasteiger charge is -2.17. The molecule has 0 bridgehead atoms. The van der Waals surface area contributed by atoms with Crippen LogP contribution in [-0.2, 0) is 6.42 Å². The van der Waals surface area contributed by atoms with Crippen LogP contribution in [0.2, 0.25) is 0 Å². The van der Waals surface area contributed by atoms with E-state index in [2.05, 4.69) is 60.9 Å². The Morgan fingerprint density at radius 1 is 1.17 bits per heavy atom. The second-order valence-corrected chi connectivity index (χ2v) is 5.55. The van der Waals surface area contributed by atoms with Crippen molar-refractivity contribution in [3.8, 4) is 0 Å². The zero-order valence-electron chi connectivity index (χ0n) is 11.1. The molecule has 2 aromatic rings. The van der Waals surface area contributed by atoms with Crippen LogP contribution in [0.4, 0.5) is 0 Å². The molecule has 0 amide bonds. The third kappa shape index (κ3) is 3.44. The number of aryl methyl sites for hydroxylation is 2. The third-order valence-corrected chi connectivity index (χ3v) is 4.37. The van der Waals surface area contributed by atoms with Crippen molar-refractivity contribution in [2.45, 2.75) is 32.7 Å². The van der Waals surface area contributed by atoms with Gasteiger partial charge in [-0.1, -0.05) is 37.3 Å². The van der Waals surface area contributed by atoms with Crippen molar-refractivity contribution < 1.29 is 0 Å². The van der Waals surface area contributed by atoms with Crippen LogP contribution in [0.3, 0.4) is 0 Å². The Morgan fingerprint density at radius 3 is 2.56 bits per heavy atom. The van der Waals surface area contributed by atoms with Crippen molar-refractivity contribution in [2.75, 3.05) is 6.54 Å². The van der Waals surface area contributed by atoms with Gasteiger partial charge in [-0.2, -0.15) is 0 Å². The van der Waals surface area contributed by atoms with E-state index in [1.54, 1.807) is 0 Å². The minimum absolute atomic E-state index is 0.496. The van der Waals surface area contributed by atoms with Crippen LogP contribution >= 0.6 is 11.3 Å². The van der Waals surface area contributed by atoms with E-state index in [0.29, 0.717) is 6.04 Å². The van der Waals surface area contributed by atoms with Gasteiger partial charge in [0.1, 0.15) is 0 Å². The first-order chi connectivity index (χ1) is 8.81. The van der Waals surface area contributed by atoms with E-state index < -0.39 is 0 Å². The molecule has 18 heavy (non-hydrogen) atoms. The fraction of sp³-hybridized carbons (Fsp3) is 0.375. The van der Waals surface area contributed by atoms with E-state index in [1.165, 1.54) is 22.4 Å². The van der Waals surface area contributed by atoms with Gasteiger partial charge in [-0.05, 0) is 48.9 Å². The van der Waals surface area contributed by atoms with Gasteiger partial charge >= 0.3 is 0 Å². The van der Waals surface area contributed by atoms with E-state index in [1.807, 2.05) is 11.3 Å². The van der Waals surface area contributed by atoms with E-state index in [-0.39, 0.29) is 0 Å². The Kier molecular flexibility index (Phi) is 4.97. The second-order valence-electron chi connectivity index (χ2n) is 4.60. The molecule has 1 atom stereocenters. The fourth-order valence-corrected chi connectivity index (χ4v) is 3.31. The molecule has 1 N–H and O–H groups in total. The molecule has 0 aliphatic rings. The van der Waals surface area contributed by atoms with Gasteiger partial charge in [0.25, 0.3) is 0 Å². The Hall–Kier alpha value is -1.12. The fourth-order valence-electron chi connectivity index (χ4n) is 2.27. The molecule has 1 heterocycles. The Morgan fingerprint density at radius 2 is 1.94 bits per heavy atom. The van der Waals surface area contributed by atoms with Crippen molar-refractivity contribution >= 4 is 11.3 Å². The molecule has 0 radical (unpaired) electrons. The predicted octanol–water partition coefficient (Wildman–Crippen LogP) is 4.34. The van der Waals surface area contributed by atoms with E-state index >= 15 is 0 Å². The maximum Gasteiger partial charge on any atom is 0.0420 e. The molecule has 0 fully saturated rings. The Labute approximate surface area is 114 Å². The van der Waals surface area contributed by atoms with Gasteiger partial charge in [-0.25, -0.2) is 0 Å². The number of rotatable bonds is 6. The van der Waals surface area contributed by atoms with E-state index in [4.69, 9.17) is 0 Å². The van der Waals surface area contributed by atoms with Crippen LogP contribution in [0.15, 0.2) is 41.8 Å². The van der Waals surface area contributed by atoms with Gasteiger partial charge in [0, 0.05) is 10.9 Å². The van der Waals surface area contributed by atoms with Crippen LogP contribution in [-0.4, -0.2) is 6.54 Å². The first-order valence-electron chi connectivity index (χ1n) is 6.62. The lowest BCUT2D eigenvalue weighted by Crippen LogP contribution is -2.21. The quantitative estimate of drug-likeness (QED) is 0.813. The summed E-state index contributed by atoms with van der Waals surface area (Å²) in [6.45, 7) is 5.41. The molecular formula is C16H21NS. The molecule has 96 valence electrons. The summed E-state index contributed by atoms with van der Waals surface area (Å²) in [5.74, 6) is 0. The Bertz CT molecular complexity index is 461. The topological polar surface area (TPSA) is 12.0 Å². The van der Waals surface area contributed by atoms with Crippen LogP contribution in [0.5, 0.6) is 0 Å². The van der Waals surface area contributed by atoms with Crippen molar-refractivity contribution in [1.82, 2.24) is 5.32 Å². The molecule has 1 aromatic carbocycles. The summed E-state index contributed by atoms with van der Waals surface area (Å²) in [5.41, 5.74) is 2.84. The molecule has 0 saturated carbocycles. The number of thiophene rings is 1. The molecule has 1 unspecified atom stereocenters. The first kappa shape index (κ1) is 13.3. The van der Waals surface area contributed by atoms with Gasteiger partial charge in [0.2, 0.25) is 0 Å². The van der Waals surface area contributed by atoms with Gasteiger partial charge < -0.3 is 5.32 Å². The smallest absolute Gasteiger partial charge is 0.0420 e. The Balaban J connectivity index is 2.01. The molecule has 2 rings (SSSR count). The summed E-state index contributed by atoms with van der Waals surface area (Å²) in [6, 6.07) is 13.5. The number of benzene rings is 1. The minimum Gasteiger partial charge on any atom is -0.310 e. The molecule has 0 aliphatic carbocycles. The SMILES string of the molecule is CCNC(CCc1ccccc1)c1sccc1C. The summed E-state index contributed by atoms with van der Waals surface area (Å²) < 4.78 is 0. The zero-order chi connectivity index (χ0) is 12.8. The monoisotopic (exact) mass is 259 g/mol. The van der Waals surface area contributed by atoms with Gasteiger partial charge in [-0.3, -0.25) is 0 Å². The molecule has 1 nitrogen and oxygen atoms in total. The minimum atomic E-state index is 0.496. The molecule has 0 saturated heterocycles. The zero-order valence-corrected chi connectivity index (χ0v) is 12.0. The van der Waals surface area contributed by atoms with Crippen LogP contribution < -0.4 is 5.32 Å². The van der Waals surface area contributed by atoms with Crippen LogP contribution in [0.1, 0.15) is 35.4 Å². The first-order valence-corrected chi connectivity index (χ1v) is 7.50. The van der Waals surface area contributed by atoms with Crippen LogP contribution in [0.25, 0.3) is 0 Å². The lowest BCUT2D eigenvalue weighted by molar-refractivity contribution is 0.521. The summed E-state index contributed by atoms with van der Waals surface area (Å²) >= 11 is 1.87. The normalized spacial score (nSPS) is 12.6. The maximum atomic E-state index is 3.61. The highest BCUT2D eigenvalue weighted by atomic mass is 32.1. The average molecular weight is 259 g/mol. The molecular weight excluding hydrogens is 238 g/mol. The molecule has 1 aromatic heterocycles. The average Bonchev–Trinajstić information content (AvgIpc) is 2.82. The van der Waals surface area contributed by atoms with Gasteiger partial charge in [0.15, 0.2) is 0 Å². The van der Waals surface area contributed by atoms with Crippen molar-refractivity contribution in [3.63, 3.8) is 0 Å². The standard InChI is InChI=1S/C16H21NS/c1-3-17-15(16-13(2)11-12-18-16)10-9-14-7-5-4-6-8-14/h4-8,11-12,15,17H,3,9-10H2,1-2H3. The number of nitrogens with one attached hydrogen (secondary N) is 1. The van der Waals surface area contributed by atoms with Crippen molar-refractivity contribution in [2.24, 2.45) is 0 Å². The largest absolute Gasteiger partial charge is 0.310 e. The van der Waals surface area contributed by atoms with Gasteiger partial charge in [0.05, 0.1) is 0 Å². The summed E-state index contributed by atoms with van der Waals surface area (Å²) in [7, 11) is 0. The van der Waals surface area contributed by atoms with Crippen molar-refractivity contribution in [1.29, 1.82) is 0 Å². The van der Waals surface area contributed by atoms with Crippen molar-refractivity contribution in [3.05, 3.63) is 57.8 Å². The predicted molar refractivity (Wildman–Crippen MR) is 80.2 cm³/mol. The van der Waals surface area contributed by atoms with Crippen LogP contribution in [0, 0.1) is 6.92 Å². The van der Waals surface area contributed by atoms with Gasteiger partial charge in [-0.15, -0.1) is 11.3 Å². The number of hydrogen-bond donors (Lipinski definition) is 1. The third-order valence-electron chi connectivity index (χ3n) is 3.23. The molecule has 0 aliphatic heterocycles. The number of hydrogen-bond acceptors (Lipinski definition) is 2. The highest BCUT2D eigenvalue weighted by Crippen LogP contribution is 2.27. The summed E-state index contributed by atoms with van der Waals surface area (Å²) in [5, 5.41) is 5.80. The highest BCUT2D eigenvalue weighted by Gasteiger charge is 2.13. The lowest BCUT2D eigenvalue weighted by atomic mass is 10.0. The highest BCUT2D eigenvalue weighted by molar-refractivity contribution is 7.10. The molecule has 0 spiro atoms. The van der Waals surface area contributed by atoms with E-state index in [0.717, 1.165) is 13.0 Å².